The first kappa shape index (κ1) is 7.26. The van der Waals surface area contributed by atoms with Crippen LogP contribution in [0.3, 0.4) is 0 Å². The second-order valence-electron chi connectivity index (χ2n) is 1.70. The van der Waals surface area contributed by atoms with Crippen molar-refractivity contribution in [3.05, 3.63) is 16.1 Å². The molecule has 0 bridgehead atoms. The molecule has 0 aromatic carbocycles. The Balaban J connectivity index is 2.71. The lowest BCUT2D eigenvalue weighted by Gasteiger charge is -1.88. The molecule has 0 aliphatic heterocycles. The van der Waals surface area contributed by atoms with Crippen LogP contribution in [0, 0.1) is 12.3 Å². The lowest BCUT2D eigenvalue weighted by molar-refractivity contribution is 0.184. The van der Waals surface area contributed by atoms with E-state index in [9.17, 15) is 0 Å². The summed E-state index contributed by atoms with van der Waals surface area (Å²) in [6.45, 7) is 0.548. The fraction of sp³-hybridized carbons (Fsp3) is 0.286. The van der Waals surface area contributed by atoms with Crippen molar-refractivity contribution < 1.29 is 4.74 Å². The summed E-state index contributed by atoms with van der Waals surface area (Å²) in [4.78, 5) is 4.88. The van der Waals surface area contributed by atoms with Gasteiger partial charge in [0.2, 0.25) is 0 Å². The normalized spacial score (nSPS) is 9.20. The number of aromatic nitrogens is 1. The molecule has 0 N–H and O–H groups in total. The molecular formula is C7H7NOS. The van der Waals surface area contributed by atoms with Crippen LogP contribution in [0.5, 0.6) is 0 Å². The molecule has 2 nitrogen and oxygen atoms in total. The van der Waals surface area contributed by atoms with Crippen LogP contribution in [0.15, 0.2) is 6.20 Å². The molecule has 0 atom stereocenters. The number of nitrogens with zero attached hydrogens (tertiary/aromatic N) is 1. The molecule has 0 saturated heterocycles. The molecule has 0 spiro atoms. The van der Waals surface area contributed by atoms with Gasteiger partial charge in [-0.15, -0.1) is 17.8 Å². The van der Waals surface area contributed by atoms with Crippen molar-refractivity contribution in [3.8, 4) is 12.3 Å². The number of rotatable bonds is 2. The Hall–Kier alpha value is -0.850. The monoisotopic (exact) mass is 153 g/mol. The van der Waals surface area contributed by atoms with E-state index in [1.165, 1.54) is 11.3 Å². The summed E-state index contributed by atoms with van der Waals surface area (Å²) in [5.74, 6) is 2.51. The number of thiazole rings is 1. The summed E-state index contributed by atoms with van der Waals surface area (Å²) in [6.07, 6.45) is 6.82. The van der Waals surface area contributed by atoms with E-state index in [4.69, 9.17) is 11.2 Å². The molecular weight excluding hydrogens is 146 g/mol. The molecule has 0 aliphatic carbocycles. The number of methoxy groups -OCH3 is 1. The molecule has 0 radical (unpaired) electrons. The van der Waals surface area contributed by atoms with Gasteiger partial charge < -0.3 is 4.74 Å². The van der Waals surface area contributed by atoms with Crippen LogP contribution < -0.4 is 0 Å². The average Bonchev–Trinajstić information content (AvgIpc) is 2.37. The Labute approximate surface area is 63.9 Å². The first-order valence-electron chi connectivity index (χ1n) is 2.77. The fourth-order valence-electron chi connectivity index (χ4n) is 0.567. The Bertz CT molecular complexity index is 248. The van der Waals surface area contributed by atoms with Crippen LogP contribution in [-0.2, 0) is 11.3 Å². The van der Waals surface area contributed by atoms with E-state index >= 15 is 0 Å². The third-order valence-corrected chi connectivity index (χ3v) is 1.87. The maximum absolute atomic E-state index is 5.14. The van der Waals surface area contributed by atoms with E-state index in [0.29, 0.717) is 6.61 Å². The predicted octanol–water partition coefficient (Wildman–Crippen LogP) is 1.27. The summed E-state index contributed by atoms with van der Waals surface area (Å²) in [6, 6.07) is 0. The van der Waals surface area contributed by atoms with Crippen molar-refractivity contribution in [3.63, 3.8) is 0 Å². The SMILES string of the molecule is C#Cc1cnc(COC)s1. The third-order valence-electron chi connectivity index (χ3n) is 0.964. The minimum absolute atomic E-state index is 0.548. The summed E-state index contributed by atoms with van der Waals surface area (Å²) < 4.78 is 4.87. The molecule has 0 fully saturated rings. The number of hydrogen-bond donors (Lipinski definition) is 0. The van der Waals surface area contributed by atoms with Crippen LogP contribution in [0.4, 0.5) is 0 Å². The minimum Gasteiger partial charge on any atom is -0.378 e. The molecule has 3 heteroatoms. The van der Waals surface area contributed by atoms with Gasteiger partial charge in [0.1, 0.15) is 5.01 Å². The van der Waals surface area contributed by atoms with Crippen molar-refractivity contribution >= 4 is 11.3 Å². The van der Waals surface area contributed by atoms with Gasteiger partial charge in [-0.1, -0.05) is 5.92 Å². The fourth-order valence-corrected chi connectivity index (χ4v) is 1.27. The maximum Gasteiger partial charge on any atom is 0.120 e. The number of ether oxygens (including phenoxy) is 1. The smallest absolute Gasteiger partial charge is 0.120 e. The summed E-state index contributed by atoms with van der Waals surface area (Å²) in [5.41, 5.74) is 0. The van der Waals surface area contributed by atoms with Crippen molar-refractivity contribution in [2.24, 2.45) is 0 Å². The lowest BCUT2D eigenvalue weighted by atomic mass is 10.6. The average molecular weight is 153 g/mol. The molecule has 0 amide bonds. The third kappa shape index (κ3) is 1.56. The van der Waals surface area contributed by atoms with Gasteiger partial charge in [0.25, 0.3) is 0 Å². The van der Waals surface area contributed by atoms with Crippen LogP contribution in [0.25, 0.3) is 0 Å². The first-order valence-corrected chi connectivity index (χ1v) is 3.58. The Kier molecular flexibility index (Phi) is 2.43. The van der Waals surface area contributed by atoms with Gasteiger partial charge in [0.15, 0.2) is 0 Å². The van der Waals surface area contributed by atoms with Gasteiger partial charge in [0.05, 0.1) is 17.7 Å². The summed E-state index contributed by atoms with van der Waals surface area (Å²) in [7, 11) is 1.64. The number of hydrogen-bond acceptors (Lipinski definition) is 3. The van der Waals surface area contributed by atoms with Crippen LogP contribution in [0.2, 0.25) is 0 Å². The van der Waals surface area contributed by atoms with Crippen molar-refractivity contribution in [1.29, 1.82) is 0 Å². The van der Waals surface area contributed by atoms with Crippen molar-refractivity contribution in [1.82, 2.24) is 4.98 Å². The van der Waals surface area contributed by atoms with E-state index in [1.807, 2.05) is 0 Å². The Morgan fingerprint density at radius 3 is 3.20 bits per heavy atom. The van der Waals surface area contributed by atoms with E-state index < -0.39 is 0 Å². The zero-order valence-electron chi connectivity index (χ0n) is 5.63. The van der Waals surface area contributed by atoms with Crippen LogP contribution >= 0.6 is 11.3 Å². The molecule has 1 aromatic heterocycles. The molecule has 0 aliphatic rings. The Morgan fingerprint density at radius 2 is 2.70 bits per heavy atom. The highest BCUT2D eigenvalue weighted by molar-refractivity contribution is 7.12. The summed E-state index contributed by atoms with van der Waals surface area (Å²) >= 11 is 1.49. The molecule has 0 unspecified atom stereocenters. The van der Waals surface area contributed by atoms with Gasteiger partial charge in [-0.3, -0.25) is 0 Å². The maximum atomic E-state index is 5.14. The van der Waals surface area contributed by atoms with Gasteiger partial charge >= 0.3 is 0 Å². The quantitative estimate of drug-likeness (QED) is 0.597. The molecule has 10 heavy (non-hydrogen) atoms. The molecule has 0 saturated carbocycles. The highest BCUT2D eigenvalue weighted by atomic mass is 32.1. The zero-order chi connectivity index (χ0) is 7.40. The van der Waals surface area contributed by atoms with Gasteiger partial charge in [-0.05, 0) is 0 Å². The lowest BCUT2D eigenvalue weighted by Crippen LogP contribution is -1.82. The molecule has 52 valence electrons. The molecule has 1 aromatic rings. The van der Waals surface area contributed by atoms with Gasteiger partial charge in [-0.25, -0.2) is 4.98 Å². The number of terminal acetylenes is 1. The summed E-state index contributed by atoms with van der Waals surface area (Å²) in [5, 5.41) is 0.926. The van der Waals surface area contributed by atoms with E-state index in [0.717, 1.165) is 9.88 Å². The Morgan fingerprint density at radius 1 is 1.90 bits per heavy atom. The van der Waals surface area contributed by atoms with Gasteiger partial charge in [-0.2, -0.15) is 0 Å². The minimum atomic E-state index is 0.548. The van der Waals surface area contributed by atoms with E-state index in [-0.39, 0.29) is 0 Å². The van der Waals surface area contributed by atoms with Gasteiger partial charge in [0, 0.05) is 7.11 Å². The molecule has 1 heterocycles. The largest absolute Gasteiger partial charge is 0.378 e. The first-order chi connectivity index (χ1) is 4.86. The highest BCUT2D eigenvalue weighted by Gasteiger charge is 1.96. The molecule has 1 rings (SSSR count). The highest BCUT2D eigenvalue weighted by Crippen LogP contribution is 2.11. The van der Waals surface area contributed by atoms with E-state index in [1.54, 1.807) is 13.3 Å². The van der Waals surface area contributed by atoms with Crippen molar-refractivity contribution in [2.75, 3.05) is 7.11 Å². The zero-order valence-corrected chi connectivity index (χ0v) is 6.44. The topological polar surface area (TPSA) is 22.1 Å². The van der Waals surface area contributed by atoms with Crippen molar-refractivity contribution in [2.45, 2.75) is 6.61 Å². The second-order valence-corrected chi connectivity index (χ2v) is 2.81. The van der Waals surface area contributed by atoms with Crippen LogP contribution in [-0.4, -0.2) is 12.1 Å². The second kappa shape index (κ2) is 3.35. The standard InChI is InChI=1S/C7H7NOS/c1-3-6-4-8-7(10-6)5-9-2/h1,4H,5H2,2H3. The predicted molar refractivity (Wildman–Crippen MR) is 40.8 cm³/mol. The van der Waals surface area contributed by atoms with E-state index in [2.05, 4.69) is 10.9 Å². The van der Waals surface area contributed by atoms with Crippen LogP contribution in [0.1, 0.15) is 9.88 Å².